The molecule has 0 fully saturated rings. The molecule has 168 valence electrons. The van der Waals surface area contributed by atoms with Crippen LogP contribution in [-0.2, 0) is 17.8 Å². The molecule has 1 aliphatic rings. The van der Waals surface area contributed by atoms with Crippen LogP contribution in [0.25, 0.3) is 11.6 Å². The third kappa shape index (κ3) is 4.80. The monoisotopic (exact) mass is 452 g/mol. The molecule has 0 saturated heterocycles. The van der Waals surface area contributed by atoms with E-state index in [1.807, 2.05) is 0 Å². The Morgan fingerprint density at radius 3 is 2.27 bits per heavy atom. The molecule has 0 bridgehead atoms. The molecule has 0 radical (unpaired) electrons. The maximum absolute atomic E-state index is 14.3. The molecule has 1 aliphatic heterocycles. The van der Waals surface area contributed by atoms with Crippen molar-refractivity contribution >= 4 is 23.5 Å². The van der Waals surface area contributed by atoms with Crippen molar-refractivity contribution in [3.63, 3.8) is 0 Å². The Hall–Kier alpha value is -3.91. The molecule has 2 amide bonds. The lowest BCUT2D eigenvalue weighted by Gasteiger charge is -2.30. The summed E-state index contributed by atoms with van der Waals surface area (Å²) in [6, 6.07) is 13.2. The normalized spacial score (nSPS) is 13.5. The number of halogens is 3. The summed E-state index contributed by atoms with van der Waals surface area (Å²) in [6.07, 6.45) is 1.85. The lowest BCUT2D eigenvalue weighted by atomic mass is 9.95. The van der Waals surface area contributed by atoms with Gasteiger partial charge in [0, 0.05) is 35.9 Å². The van der Waals surface area contributed by atoms with Crippen molar-refractivity contribution in [2.45, 2.75) is 13.0 Å². The summed E-state index contributed by atoms with van der Waals surface area (Å²) < 4.78 is 41.1. The molecular weight excluding hydrogens is 433 g/mol. The van der Waals surface area contributed by atoms with Crippen LogP contribution in [0.2, 0.25) is 0 Å². The van der Waals surface area contributed by atoms with Crippen molar-refractivity contribution in [1.29, 1.82) is 0 Å². The second kappa shape index (κ2) is 9.30. The largest absolute Gasteiger partial charge is 0.334 e. The molecule has 4 rings (SSSR count). The minimum atomic E-state index is -0.828. The molecule has 0 unspecified atom stereocenters. The molecule has 3 aromatic rings. The van der Waals surface area contributed by atoms with Crippen LogP contribution in [0.15, 0.2) is 60.7 Å². The fourth-order valence-corrected chi connectivity index (χ4v) is 3.78. The van der Waals surface area contributed by atoms with Crippen molar-refractivity contribution in [3.8, 4) is 0 Å². The first-order valence-electron chi connectivity index (χ1n) is 10.1. The first-order valence-corrected chi connectivity index (χ1v) is 10.1. The van der Waals surface area contributed by atoms with Gasteiger partial charge in [0.05, 0.1) is 0 Å². The lowest BCUT2D eigenvalue weighted by molar-refractivity contribution is -0.125. The average Bonchev–Trinajstić information content (AvgIpc) is 2.82. The van der Waals surface area contributed by atoms with E-state index in [-0.39, 0.29) is 23.2 Å². The minimum absolute atomic E-state index is 0.0170. The van der Waals surface area contributed by atoms with Crippen LogP contribution < -0.4 is 5.48 Å². The molecule has 0 atom stereocenters. The van der Waals surface area contributed by atoms with Gasteiger partial charge >= 0.3 is 0 Å². The number of hydrogen-bond donors (Lipinski definition) is 2. The molecule has 0 spiro atoms. The SMILES string of the molecule is O=C(NO)c1ccc2c(c1)CN(C(=O)/C(=C/c1ccc(F)cc1F)c1ccc(F)cc1)CC2. The van der Waals surface area contributed by atoms with Gasteiger partial charge in [0.2, 0.25) is 0 Å². The van der Waals surface area contributed by atoms with E-state index < -0.39 is 29.3 Å². The van der Waals surface area contributed by atoms with Gasteiger partial charge in [-0.25, -0.2) is 18.7 Å². The van der Waals surface area contributed by atoms with E-state index in [4.69, 9.17) is 5.21 Å². The fraction of sp³-hybridized carbons (Fsp3) is 0.120. The Morgan fingerprint density at radius 2 is 1.58 bits per heavy atom. The Morgan fingerprint density at radius 1 is 0.879 bits per heavy atom. The van der Waals surface area contributed by atoms with Crippen molar-refractivity contribution in [1.82, 2.24) is 10.4 Å². The van der Waals surface area contributed by atoms with Gasteiger partial charge in [-0.1, -0.05) is 18.2 Å². The second-order valence-corrected chi connectivity index (χ2v) is 7.63. The quantitative estimate of drug-likeness (QED) is 0.268. The van der Waals surface area contributed by atoms with Gasteiger partial charge in [-0.05, 0) is 65.6 Å². The average molecular weight is 452 g/mol. The molecule has 0 aliphatic carbocycles. The zero-order valence-corrected chi connectivity index (χ0v) is 17.3. The first-order chi connectivity index (χ1) is 15.9. The van der Waals surface area contributed by atoms with Gasteiger partial charge in [0.15, 0.2) is 0 Å². The van der Waals surface area contributed by atoms with Gasteiger partial charge in [-0.3, -0.25) is 14.8 Å². The van der Waals surface area contributed by atoms with Crippen LogP contribution in [0, 0.1) is 17.5 Å². The van der Waals surface area contributed by atoms with E-state index in [1.165, 1.54) is 36.4 Å². The highest BCUT2D eigenvalue weighted by atomic mass is 19.1. The number of fused-ring (bicyclic) bond motifs is 1. The number of carbonyl (C=O) groups is 2. The van der Waals surface area contributed by atoms with Gasteiger partial charge in [0.1, 0.15) is 17.5 Å². The zero-order valence-electron chi connectivity index (χ0n) is 17.3. The number of nitrogens with one attached hydrogen (secondary N) is 1. The van der Waals surface area contributed by atoms with Crippen molar-refractivity contribution < 1.29 is 28.0 Å². The number of carbonyl (C=O) groups excluding carboxylic acids is 2. The number of amides is 2. The number of nitrogens with zero attached hydrogens (tertiary/aromatic N) is 1. The molecule has 8 heteroatoms. The Balaban J connectivity index is 1.71. The van der Waals surface area contributed by atoms with Crippen molar-refractivity contribution in [2.75, 3.05) is 6.54 Å². The fourth-order valence-electron chi connectivity index (χ4n) is 3.78. The summed E-state index contributed by atoms with van der Waals surface area (Å²) in [7, 11) is 0. The van der Waals surface area contributed by atoms with Gasteiger partial charge in [0.25, 0.3) is 11.8 Å². The molecule has 3 aromatic carbocycles. The third-order valence-electron chi connectivity index (χ3n) is 5.52. The summed E-state index contributed by atoms with van der Waals surface area (Å²) in [4.78, 5) is 26.8. The van der Waals surface area contributed by atoms with E-state index in [0.717, 1.165) is 23.3 Å². The van der Waals surface area contributed by atoms with Crippen LogP contribution in [0.3, 0.4) is 0 Å². The summed E-state index contributed by atoms with van der Waals surface area (Å²) in [5, 5.41) is 8.88. The Kier molecular flexibility index (Phi) is 6.28. The smallest absolute Gasteiger partial charge is 0.274 e. The van der Waals surface area contributed by atoms with E-state index in [2.05, 4.69) is 0 Å². The molecule has 5 nitrogen and oxygen atoms in total. The number of benzene rings is 3. The molecule has 0 aromatic heterocycles. The Labute approximate surface area is 187 Å². The van der Waals surface area contributed by atoms with Crippen molar-refractivity contribution in [2.24, 2.45) is 0 Å². The topological polar surface area (TPSA) is 69.6 Å². The van der Waals surface area contributed by atoms with Gasteiger partial charge in [-0.2, -0.15) is 0 Å². The second-order valence-electron chi connectivity index (χ2n) is 7.63. The maximum Gasteiger partial charge on any atom is 0.274 e. The van der Waals surface area contributed by atoms with Gasteiger partial charge < -0.3 is 4.90 Å². The predicted molar refractivity (Wildman–Crippen MR) is 115 cm³/mol. The van der Waals surface area contributed by atoms with E-state index in [9.17, 15) is 22.8 Å². The summed E-state index contributed by atoms with van der Waals surface area (Å²) in [6.45, 7) is 0.562. The van der Waals surface area contributed by atoms with E-state index in [0.29, 0.717) is 18.5 Å². The summed E-state index contributed by atoms with van der Waals surface area (Å²) >= 11 is 0. The highest BCUT2D eigenvalue weighted by molar-refractivity contribution is 6.24. The molecule has 0 saturated carbocycles. The van der Waals surface area contributed by atoms with Crippen LogP contribution in [0.5, 0.6) is 0 Å². The van der Waals surface area contributed by atoms with Gasteiger partial charge in [-0.15, -0.1) is 0 Å². The number of hydroxylamine groups is 1. The Bertz CT molecular complexity index is 1260. The zero-order chi connectivity index (χ0) is 23.5. The van der Waals surface area contributed by atoms with Crippen LogP contribution in [-0.4, -0.2) is 28.5 Å². The summed E-state index contributed by atoms with van der Waals surface area (Å²) in [5.41, 5.74) is 4.04. The van der Waals surface area contributed by atoms with Crippen molar-refractivity contribution in [3.05, 3.63) is 106 Å². The van der Waals surface area contributed by atoms with Crippen LogP contribution in [0.1, 0.15) is 32.6 Å². The summed E-state index contributed by atoms with van der Waals surface area (Å²) in [5.74, 6) is -3.14. The number of rotatable bonds is 4. The first kappa shape index (κ1) is 22.3. The third-order valence-corrected chi connectivity index (χ3v) is 5.52. The minimum Gasteiger partial charge on any atom is -0.334 e. The highest BCUT2D eigenvalue weighted by Crippen LogP contribution is 2.27. The number of hydrogen-bond acceptors (Lipinski definition) is 3. The van der Waals surface area contributed by atoms with E-state index >= 15 is 0 Å². The highest BCUT2D eigenvalue weighted by Gasteiger charge is 2.25. The predicted octanol–water partition coefficient (Wildman–Crippen LogP) is 4.35. The molecular formula is C25H19F3N2O3. The maximum atomic E-state index is 14.3. The van der Waals surface area contributed by atoms with Crippen LogP contribution >= 0.6 is 0 Å². The van der Waals surface area contributed by atoms with E-state index in [1.54, 1.807) is 28.6 Å². The molecule has 33 heavy (non-hydrogen) atoms. The molecule has 2 N–H and O–H groups in total. The lowest BCUT2D eigenvalue weighted by Crippen LogP contribution is -2.36. The molecule has 1 heterocycles. The van der Waals surface area contributed by atoms with Crippen LogP contribution in [0.4, 0.5) is 13.2 Å². The standard InChI is InChI=1S/C25H19F3N2O3/c26-20-6-3-16(4-7-20)22(12-17-5-8-21(27)13-23(17)28)25(32)30-10-9-15-1-2-18(24(31)29-33)11-19(15)14-30/h1-8,11-13,33H,9-10,14H2,(H,29,31)/b22-12+.